The molecule has 150 valence electrons. The van der Waals surface area contributed by atoms with Gasteiger partial charge in [-0.15, -0.1) is 0 Å². The van der Waals surface area contributed by atoms with Crippen LogP contribution in [0.1, 0.15) is 29.2 Å². The lowest BCUT2D eigenvalue weighted by atomic mass is 9.96. The number of aliphatic hydroxyl groups is 1. The fourth-order valence-corrected chi connectivity index (χ4v) is 3.94. The first-order chi connectivity index (χ1) is 14.4. The first-order valence-corrected chi connectivity index (χ1v) is 10.2. The van der Waals surface area contributed by atoms with Crippen LogP contribution < -0.4 is 9.47 Å². The molecule has 0 bridgehead atoms. The second-order valence-corrected chi connectivity index (χ2v) is 7.21. The summed E-state index contributed by atoms with van der Waals surface area (Å²) in [4.78, 5) is 2.41. The highest BCUT2D eigenvalue weighted by Crippen LogP contribution is 2.37. The first kappa shape index (κ1) is 19.5. The maximum Gasteiger partial charge on any atom is 0.165 e. The van der Waals surface area contributed by atoms with E-state index in [0.717, 1.165) is 23.6 Å². The third-order valence-corrected chi connectivity index (χ3v) is 5.22. The van der Waals surface area contributed by atoms with E-state index in [9.17, 15) is 5.11 Å². The van der Waals surface area contributed by atoms with E-state index < -0.39 is 0 Å². The van der Waals surface area contributed by atoms with Crippen LogP contribution in [0.2, 0.25) is 0 Å². The van der Waals surface area contributed by atoms with Gasteiger partial charge in [-0.05, 0) is 23.6 Å². The van der Waals surface area contributed by atoms with E-state index in [0.29, 0.717) is 26.2 Å². The van der Waals surface area contributed by atoms with Crippen molar-refractivity contribution in [3.8, 4) is 11.5 Å². The van der Waals surface area contributed by atoms with Gasteiger partial charge < -0.3 is 14.6 Å². The van der Waals surface area contributed by atoms with E-state index in [1.54, 1.807) is 0 Å². The van der Waals surface area contributed by atoms with Crippen molar-refractivity contribution < 1.29 is 14.6 Å². The molecule has 0 unspecified atom stereocenters. The third-order valence-electron chi connectivity index (χ3n) is 5.22. The molecule has 29 heavy (non-hydrogen) atoms. The van der Waals surface area contributed by atoms with Gasteiger partial charge in [0.15, 0.2) is 11.5 Å². The average molecular weight is 389 g/mol. The lowest BCUT2D eigenvalue weighted by molar-refractivity contribution is 0.159. The zero-order valence-corrected chi connectivity index (χ0v) is 16.5. The van der Waals surface area contributed by atoms with E-state index >= 15 is 0 Å². The second kappa shape index (κ2) is 9.59. The van der Waals surface area contributed by atoms with Gasteiger partial charge in [0.2, 0.25) is 0 Å². The summed E-state index contributed by atoms with van der Waals surface area (Å²) in [5.41, 5.74) is 3.58. The van der Waals surface area contributed by atoms with E-state index in [-0.39, 0.29) is 12.6 Å². The predicted octanol–water partition coefficient (Wildman–Crippen LogP) is 4.43. The number of rotatable bonds is 8. The van der Waals surface area contributed by atoms with Gasteiger partial charge in [0.1, 0.15) is 13.2 Å². The summed E-state index contributed by atoms with van der Waals surface area (Å²) in [7, 11) is 0. The Morgan fingerprint density at radius 3 is 2.10 bits per heavy atom. The van der Waals surface area contributed by atoms with Gasteiger partial charge in [-0.2, -0.15) is 0 Å². The Kier molecular flexibility index (Phi) is 6.45. The lowest BCUT2D eigenvalue weighted by Crippen LogP contribution is -2.31. The highest BCUT2D eigenvalue weighted by atomic mass is 16.6. The molecule has 0 radical (unpaired) electrons. The molecule has 0 fully saturated rings. The summed E-state index contributed by atoms with van der Waals surface area (Å²) in [6.45, 7) is 2.80. The molecule has 0 aliphatic carbocycles. The molecule has 0 aromatic heterocycles. The molecule has 1 aliphatic heterocycles. The van der Waals surface area contributed by atoms with E-state index in [1.165, 1.54) is 11.1 Å². The molecule has 0 spiro atoms. The number of nitrogens with zero attached hydrogens (tertiary/aromatic N) is 1. The minimum absolute atomic E-state index is 0.0873. The van der Waals surface area contributed by atoms with Gasteiger partial charge in [0.05, 0.1) is 6.04 Å². The van der Waals surface area contributed by atoms with Crippen LogP contribution in [0.5, 0.6) is 11.5 Å². The number of aliphatic hydroxyl groups excluding tert-OH is 1. The summed E-state index contributed by atoms with van der Waals surface area (Å²) in [6, 6.07) is 27.3. The van der Waals surface area contributed by atoms with Gasteiger partial charge in [-0.1, -0.05) is 72.8 Å². The maximum absolute atomic E-state index is 9.52. The van der Waals surface area contributed by atoms with Crippen molar-refractivity contribution in [1.82, 2.24) is 4.90 Å². The standard InChI is InChI=1S/C25H27NO3/c27-16-8-15-26(19-22-13-7-14-23-25(22)29-18-17-28-23)24(20-9-3-1-4-10-20)21-11-5-2-6-12-21/h1-7,9-14,24,27H,8,15-19H2. The molecule has 1 heterocycles. The van der Waals surface area contributed by atoms with Crippen molar-refractivity contribution in [3.63, 3.8) is 0 Å². The van der Waals surface area contributed by atoms with Gasteiger partial charge in [0.25, 0.3) is 0 Å². The zero-order valence-electron chi connectivity index (χ0n) is 16.5. The van der Waals surface area contributed by atoms with Gasteiger partial charge in [0, 0.05) is 25.3 Å². The second-order valence-electron chi connectivity index (χ2n) is 7.21. The van der Waals surface area contributed by atoms with E-state index in [2.05, 4.69) is 59.5 Å². The monoisotopic (exact) mass is 389 g/mol. The first-order valence-electron chi connectivity index (χ1n) is 10.2. The summed E-state index contributed by atoms with van der Waals surface area (Å²) in [5.74, 6) is 1.65. The van der Waals surface area contributed by atoms with Crippen molar-refractivity contribution in [2.75, 3.05) is 26.4 Å². The Bertz CT molecular complexity index is 859. The van der Waals surface area contributed by atoms with Crippen LogP contribution in [-0.4, -0.2) is 36.4 Å². The minimum Gasteiger partial charge on any atom is -0.486 e. The molecule has 0 saturated heterocycles. The minimum atomic E-state index is 0.0873. The summed E-state index contributed by atoms with van der Waals surface area (Å²) < 4.78 is 11.7. The fourth-order valence-electron chi connectivity index (χ4n) is 3.94. The van der Waals surface area contributed by atoms with Gasteiger partial charge in [-0.3, -0.25) is 4.90 Å². The molecule has 4 heteroatoms. The van der Waals surface area contributed by atoms with Crippen LogP contribution in [0, 0.1) is 0 Å². The van der Waals surface area contributed by atoms with Crippen molar-refractivity contribution in [2.45, 2.75) is 19.0 Å². The van der Waals surface area contributed by atoms with Crippen molar-refractivity contribution in [2.24, 2.45) is 0 Å². The van der Waals surface area contributed by atoms with Gasteiger partial charge in [-0.25, -0.2) is 0 Å². The van der Waals surface area contributed by atoms with Crippen LogP contribution in [-0.2, 0) is 6.54 Å². The molecule has 0 amide bonds. The van der Waals surface area contributed by atoms with Crippen LogP contribution in [0.3, 0.4) is 0 Å². The molecule has 4 nitrogen and oxygen atoms in total. The van der Waals surface area contributed by atoms with Crippen molar-refractivity contribution in [1.29, 1.82) is 0 Å². The Labute approximate surface area is 172 Å². The van der Waals surface area contributed by atoms with Gasteiger partial charge >= 0.3 is 0 Å². The Balaban J connectivity index is 1.72. The SMILES string of the molecule is OCCCN(Cc1cccc2c1OCCO2)C(c1ccccc1)c1ccccc1. The van der Waals surface area contributed by atoms with Crippen LogP contribution in [0.25, 0.3) is 0 Å². The largest absolute Gasteiger partial charge is 0.486 e. The molecule has 3 aromatic carbocycles. The molecule has 0 atom stereocenters. The number of benzene rings is 3. The Morgan fingerprint density at radius 2 is 1.45 bits per heavy atom. The number of fused-ring (bicyclic) bond motifs is 1. The van der Waals surface area contributed by atoms with Crippen molar-refractivity contribution in [3.05, 3.63) is 95.6 Å². The molecule has 0 saturated carbocycles. The van der Waals surface area contributed by atoms with Crippen LogP contribution in [0.4, 0.5) is 0 Å². The lowest BCUT2D eigenvalue weighted by Gasteiger charge is -2.33. The van der Waals surface area contributed by atoms with E-state index in [4.69, 9.17) is 9.47 Å². The molecule has 1 N–H and O–H groups in total. The summed E-state index contributed by atoms with van der Waals surface area (Å²) >= 11 is 0. The van der Waals surface area contributed by atoms with Crippen LogP contribution >= 0.6 is 0 Å². The molecule has 3 aromatic rings. The Hall–Kier alpha value is -2.82. The molecular formula is C25H27NO3. The highest BCUT2D eigenvalue weighted by Gasteiger charge is 2.25. The molecule has 1 aliphatic rings. The zero-order chi connectivity index (χ0) is 19.9. The Morgan fingerprint density at radius 1 is 0.793 bits per heavy atom. The third kappa shape index (κ3) is 4.61. The molecular weight excluding hydrogens is 362 g/mol. The highest BCUT2D eigenvalue weighted by molar-refractivity contribution is 5.47. The number of hydrogen-bond donors (Lipinski definition) is 1. The fraction of sp³-hybridized carbons (Fsp3) is 0.280. The van der Waals surface area contributed by atoms with Crippen LogP contribution in [0.15, 0.2) is 78.9 Å². The number of para-hydroxylation sites is 1. The normalized spacial score (nSPS) is 13.1. The smallest absolute Gasteiger partial charge is 0.165 e. The molecule has 4 rings (SSSR count). The summed E-state index contributed by atoms with van der Waals surface area (Å²) in [6.07, 6.45) is 0.711. The average Bonchev–Trinajstić information content (AvgIpc) is 2.79. The summed E-state index contributed by atoms with van der Waals surface area (Å²) in [5, 5.41) is 9.52. The maximum atomic E-state index is 9.52. The van der Waals surface area contributed by atoms with Crippen molar-refractivity contribution >= 4 is 0 Å². The quantitative estimate of drug-likeness (QED) is 0.619. The number of hydrogen-bond acceptors (Lipinski definition) is 4. The van der Waals surface area contributed by atoms with E-state index in [1.807, 2.05) is 24.3 Å². The number of ether oxygens (including phenoxy) is 2. The predicted molar refractivity (Wildman–Crippen MR) is 114 cm³/mol. The topological polar surface area (TPSA) is 41.9 Å².